The Bertz CT molecular complexity index is 754. The third kappa shape index (κ3) is 4.67. The molecule has 2 heterocycles. The van der Waals surface area contributed by atoms with Crippen LogP contribution in [0.15, 0.2) is 29.2 Å². The summed E-state index contributed by atoms with van der Waals surface area (Å²) in [6.45, 7) is 5.36. The number of nitrogens with one attached hydrogen (secondary N) is 1. The zero-order valence-corrected chi connectivity index (χ0v) is 16.5. The second-order valence-electron chi connectivity index (χ2n) is 7.33. The molecule has 1 N–H and O–H groups in total. The Morgan fingerprint density at radius 2 is 1.89 bits per heavy atom. The van der Waals surface area contributed by atoms with E-state index in [1.165, 1.54) is 16.4 Å². The van der Waals surface area contributed by atoms with Crippen LogP contribution in [0.25, 0.3) is 0 Å². The fourth-order valence-electron chi connectivity index (χ4n) is 4.04. The van der Waals surface area contributed by atoms with E-state index in [0.717, 1.165) is 38.1 Å². The quantitative estimate of drug-likeness (QED) is 0.795. The van der Waals surface area contributed by atoms with Crippen LogP contribution in [0.5, 0.6) is 0 Å². The average molecular weight is 398 g/mol. The molecule has 2 aliphatic rings. The summed E-state index contributed by atoms with van der Waals surface area (Å²) in [7, 11) is -3.71. The highest BCUT2D eigenvalue weighted by Crippen LogP contribution is 2.24. The van der Waals surface area contributed by atoms with Crippen molar-refractivity contribution < 1.29 is 17.6 Å². The van der Waals surface area contributed by atoms with E-state index in [9.17, 15) is 17.6 Å². The van der Waals surface area contributed by atoms with Gasteiger partial charge in [0, 0.05) is 25.7 Å². The van der Waals surface area contributed by atoms with Gasteiger partial charge in [0.15, 0.2) is 0 Å². The number of piperidine rings is 1. The van der Waals surface area contributed by atoms with E-state index >= 15 is 0 Å². The Labute approximate surface area is 160 Å². The fraction of sp³-hybridized carbons (Fsp3) is 0.632. The molecule has 0 aliphatic carbocycles. The summed E-state index contributed by atoms with van der Waals surface area (Å²) in [5.41, 5.74) is 0. The zero-order chi connectivity index (χ0) is 19.4. The third-order valence-corrected chi connectivity index (χ3v) is 7.50. The molecule has 0 saturated carbocycles. The van der Waals surface area contributed by atoms with Crippen molar-refractivity contribution >= 4 is 15.9 Å². The number of hydrogen-bond acceptors (Lipinski definition) is 4. The van der Waals surface area contributed by atoms with Crippen molar-refractivity contribution in [1.29, 1.82) is 0 Å². The van der Waals surface area contributed by atoms with Crippen LogP contribution in [0.3, 0.4) is 0 Å². The molecule has 0 bridgehead atoms. The molecule has 0 radical (unpaired) electrons. The Kier molecular flexibility index (Phi) is 6.49. The van der Waals surface area contributed by atoms with Gasteiger partial charge in [0.2, 0.25) is 15.9 Å². The number of rotatable bonds is 6. The second-order valence-corrected chi connectivity index (χ2v) is 9.26. The molecule has 150 valence electrons. The van der Waals surface area contributed by atoms with E-state index < -0.39 is 15.8 Å². The monoisotopic (exact) mass is 397 g/mol. The third-order valence-electron chi connectivity index (χ3n) is 5.62. The van der Waals surface area contributed by atoms with Gasteiger partial charge in [0.1, 0.15) is 5.82 Å². The van der Waals surface area contributed by atoms with Gasteiger partial charge in [0.25, 0.3) is 0 Å². The Morgan fingerprint density at radius 3 is 2.59 bits per heavy atom. The van der Waals surface area contributed by atoms with Crippen molar-refractivity contribution in [3.05, 3.63) is 30.1 Å². The number of likely N-dealkylation sites (N-methyl/N-ethyl adjacent to an activating group) is 1. The first-order chi connectivity index (χ1) is 12.9. The Morgan fingerprint density at radius 1 is 1.19 bits per heavy atom. The molecule has 1 aromatic rings. The molecule has 1 amide bonds. The molecule has 2 unspecified atom stereocenters. The maximum absolute atomic E-state index is 13.1. The molecule has 2 aliphatic heterocycles. The van der Waals surface area contributed by atoms with E-state index in [1.807, 2.05) is 0 Å². The van der Waals surface area contributed by atoms with Crippen LogP contribution in [0.1, 0.15) is 32.6 Å². The molecular weight excluding hydrogens is 369 g/mol. The number of amides is 1. The lowest BCUT2D eigenvalue weighted by molar-refractivity contribution is -0.126. The van der Waals surface area contributed by atoms with Gasteiger partial charge < -0.3 is 5.32 Å². The van der Waals surface area contributed by atoms with Gasteiger partial charge in [-0.2, -0.15) is 4.31 Å². The average Bonchev–Trinajstić information content (AvgIpc) is 3.14. The molecule has 0 spiro atoms. The van der Waals surface area contributed by atoms with Crippen LogP contribution in [0.4, 0.5) is 4.39 Å². The van der Waals surface area contributed by atoms with E-state index in [0.29, 0.717) is 32.0 Å². The molecule has 1 aromatic carbocycles. The number of hydrogen-bond donors (Lipinski definition) is 1. The molecule has 2 fully saturated rings. The van der Waals surface area contributed by atoms with Gasteiger partial charge >= 0.3 is 0 Å². The van der Waals surface area contributed by atoms with Gasteiger partial charge in [-0.1, -0.05) is 6.92 Å². The predicted octanol–water partition coefficient (Wildman–Crippen LogP) is 1.83. The highest BCUT2D eigenvalue weighted by molar-refractivity contribution is 7.89. The summed E-state index contributed by atoms with van der Waals surface area (Å²) >= 11 is 0. The normalized spacial score (nSPS) is 24.8. The number of carbonyl (C=O) groups is 1. The van der Waals surface area contributed by atoms with Crippen molar-refractivity contribution in [2.75, 3.05) is 32.7 Å². The van der Waals surface area contributed by atoms with Crippen molar-refractivity contribution in [2.45, 2.75) is 43.5 Å². The summed E-state index contributed by atoms with van der Waals surface area (Å²) in [5.74, 6) is -0.889. The van der Waals surface area contributed by atoms with Crippen LogP contribution in [-0.4, -0.2) is 62.3 Å². The molecular formula is C19H28FN3O3S. The molecule has 3 rings (SSSR count). The van der Waals surface area contributed by atoms with Crippen molar-refractivity contribution in [3.8, 4) is 0 Å². The van der Waals surface area contributed by atoms with E-state index in [2.05, 4.69) is 17.1 Å². The van der Waals surface area contributed by atoms with E-state index in [-0.39, 0.29) is 23.3 Å². The summed E-state index contributed by atoms with van der Waals surface area (Å²) in [6.07, 6.45) is 3.57. The number of carbonyl (C=O) groups excluding carboxylic acids is 1. The predicted molar refractivity (Wildman–Crippen MR) is 101 cm³/mol. The highest BCUT2D eigenvalue weighted by Gasteiger charge is 2.34. The summed E-state index contributed by atoms with van der Waals surface area (Å²) in [5, 5.41) is 3.03. The summed E-state index contributed by atoms with van der Waals surface area (Å²) < 4.78 is 40.0. The standard InChI is InChI=1S/C19H28FN3O3S/c1-2-22-11-4-6-17(22)13-21-19(24)15-5-3-12-23(14-15)27(25,26)18-9-7-16(20)8-10-18/h7-10,15,17H,2-6,11-14H2,1H3,(H,21,24). The lowest BCUT2D eigenvalue weighted by Crippen LogP contribution is -2.47. The van der Waals surface area contributed by atoms with Gasteiger partial charge in [0.05, 0.1) is 10.8 Å². The number of likely N-dealkylation sites (tertiary alicyclic amines) is 1. The van der Waals surface area contributed by atoms with E-state index in [1.54, 1.807) is 0 Å². The van der Waals surface area contributed by atoms with Crippen molar-refractivity contribution in [1.82, 2.24) is 14.5 Å². The maximum atomic E-state index is 13.1. The molecule has 0 aromatic heterocycles. The van der Waals surface area contributed by atoms with Gasteiger partial charge in [-0.05, 0) is 63.0 Å². The van der Waals surface area contributed by atoms with Crippen molar-refractivity contribution in [3.63, 3.8) is 0 Å². The molecule has 6 nitrogen and oxygen atoms in total. The number of benzene rings is 1. The number of sulfonamides is 1. The first-order valence-corrected chi connectivity index (χ1v) is 11.1. The zero-order valence-electron chi connectivity index (χ0n) is 15.7. The maximum Gasteiger partial charge on any atom is 0.243 e. The first kappa shape index (κ1) is 20.2. The molecule has 8 heteroatoms. The van der Waals surface area contributed by atoms with Gasteiger partial charge in [-0.3, -0.25) is 9.69 Å². The van der Waals surface area contributed by atoms with Crippen LogP contribution in [0, 0.1) is 11.7 Å². The summed E-state index contributed by atoms with van der Waals surface area (Å²) in [4.78, 5) is 15.0. The van der Waals surface area contributed by atoms with Crippen LogP contribution < -0.4 is 5.32 Å². The van der Waals surface area contributed by atoms with Gasteiger partial charge in [-0.15, -0.1) is 0 Å². The topological polar surface area (TPSA) is 69.7 Å². The minimum Gasteiger partial charge on any atom is -0.354 e. The van der Waals surface area contributed by atoms with E-state index in [4.69, 9.17) is 0 Å². The number of halogens is 1. The summed E-state index contributed by atoms with van der Waals surface area (Å²) in [6, 6.07) is 5.20. The Hall–Kier alpha value is -1.51. The van der Waals surface area contributed by atoms with Gasteiger partial charge in [-0.25, -0.2) is 12.8 Å². The molecule has 2 saturated heterocycles. The number of nitrogens with zero attached hydrogens (tertiary/aromatic N) is 2. The van der Waals surface area contributed by atoms with Crippen molar-refractivity contribution in [2.24, 2.45) is 5.92 Å². The fourth-order valence-corrected chi connectivity index (χ4v) is 5.56. The lowest BCUT2D eigenvalue weighted by atomic mass is 9.98. The second kappa shape index (κ2) is 8.67. The minimum absolute atomic E-state index is 0.0644. The Balaban J connectivity index is 1.60. The first-order valence-electron chi connectivity index (χ1n) is 9.69. The SMILES string of the molecule is CCN1CCCC1CNC(=O)C1CCCN(S(=O)(=O)c2ccc(F)cc2)C1. The largest absolute Gasteiger partial charge is 0.354 e. The molecule has 27 heavy (non-hydrogen) atoms. The van der Waals surface area contributed by atoms with Crippen LogP contribution >= 0.6 is 0 Å². The smallest absolute Gasteiger partial charge is 0.243 e. The van der Waals surface area contributed by atoms with Crippen LogP contribution in [0.2, 0.25) is 0 Å². The minimum atomic E-state index is -3.71. The molecule has 2 atom stereocenters. The lowest BCUT2D eigenvalue weighted by Gasteiger charge is -2.32. The van der Waals surface area contributed by atoms with Crippen LogP contribution in [-0.2, 0) is 14.8 Å². The highest BCUT2D eigenvalue weighted by atomic mass is 32.2.